The minimum absolute atomic E-state index is 0.0357. The lowest BCUT2D eigenvalue weighted by Gasteiger charge is -2.20. The van der Waals surface area contributed by atoms with E-state index >= 15 is 0 Å². The lowest BCUT2D eigenvalue weighted by Crippen LogP contribution is -2.43. The predicted octanol–water partition coefficient (Wildman–Crippen LogP) is 1.88. The van der Waals surface area contributed by atoms with Crippen molar-refractivity contribution in [3.63, 3.8) is 0 Å². The van der Waals surface area contributed by atoms with Gasteiger partial charge in [-0.05, 0) is 19.9 Å². The zero-order valence-electron chi connectivity index (χ0n) is 11.5. The maximum absolute atomic E-state index is 11.7. The summed E-state index contributed by atoms with van der Waals surface area (Å²) in [6.07, 6.45) is 0. The quantitative estimate of drug-likeness (QED) is 0.566. The van der Waals surface area contributed by atoms with Crippen LogP contribution in [0.15, 0.2) is 18.2 Å². The molecule has 1 aromatic carbocycles. The molecule has 0 saturated carbocycles. The first-order chi connectivity index (χ1) is 9.63. The van der Waals surface area contributed by atoms with Crippen LogP contribution in [0.2, 0.25) is 5.02 Å². The smallest absolute Gasteiger partial charge is 0.319 e. The molecule has 0 aliphatic heterocycles. The molecule has 0 fully saturated rings. The van der Waals surface area contributed by atoms with Crippen molar-refractivity contribution in [2.24, 2.45) is 11.1 Å². The second-order valence-electron chi connectivity index (χ2n) is 4.98. The van der Waals surface area contributed by atoms with E-state index in [1.807, 2.05) is 0 Å². The van der Waals surface area contributed by atoms with Crippen LogP contribution in [0.25, 0.3) is 0 Å². The molecular weight excluding hydrogens is 300 g/mol. The van der Waals surface area contributed by atoms with Crippen molar-refractivity contribution in [1.82, 2.24) is 5.32 Å². The van der Waals surface area contributed by atoms with Gasteiger partial charge in [-0.1, -0.05) is 11.6 Å². The molecule has 0 radical (unpaired) electrons. The van der Waals surface area contributed by atoms with E-state index in [4.69, 9.17) is 17.3 Å². The van der Waals surface area contributed by atoms with Gasteiger partial charge in [0.1, 0.15) is 0 Å². The second-order valence-corrected chi connectivity index (χ2v) is 5.38. The van der Waals surface area contributed by atoms with E-state index < -0.39 is 22.3 Å². The van der Waals surface area contributed by atoms with Gasteiger partial charge < -0.3 is 16.4 Å². The Hall–Kier alpha value is -2.35. The Labute approximate surface area is 125 Å². The van der Waals surface area contributed by atoms with E-state index in [1.54, 1.807) is 13.8 Å². The van der Waals surface area contributed by atoms with Gasteiger partial charge >= 0.3 is 6.03 Å². The molecule has 0 spiro atoms. The molecule has 1 aromatic rings. The molecule has 0 atom stereocenters. The SMILES string of the molecule is CC(C)(CNC(=O)Nc1ccc([N+](=O)[O-])cc1Cl)C(N)=O. The molecule has 0 bridgehead atoms. The van der Waals surface area contributed by atoms with Crippen LogP contribution in [-0.2, 0) is 4.79 Å². The van der Waals surface area contributed by atoms with Crippen LogP contribution in [0.3, 0.4) is 0 Å². The topological polar surface area (TPSA) is 127 Å². The van der Waals surface area contributed by atoms with Crippen LogP contribution in [0.4, 0.5) is 16.2 Å². The highest BCUT2D eigenvalue weighted by atomic mass is 35.5. The van der Waals surface area contributed by atoms with Crippen molar-refractivity contribution in [3.05, 3.63) is 33.3 Å². The molecule has 4 N–H and O–H groups in total. The number of primary amides is 1. The van der Waals surface area contributed by atoms with Crippen molar-refractivity contribution in [3.8, 4) is 0 Å². The van der Waals surface area contributed by atoms with Crippen LogP contribution in [0, 0.1) is 15.5 Å². The van der Waals surface area contributed by atoms with Gasteiger partial charge in [0.05, 0.1) is 21.0 Å². The number of hydrogen-bond donors (Lipinski definition) is 3. The summed E-state index contributed by atoms with van der Waals surface area (Å²) >= 11 is 5.84. The van der Waals surface area contributed by atoms with E-state index in [0.717, 1.165) is 6.07 Å². The lowest BCUT2D eigenvalue weighted by atomic mass is 9.93. The fourth-order valence-electron chi connectivity index (χ4n) is 1.27. The number of halogens is 1. The average Bonchev–Trinajstić information content (AvgIpc) is 2.38. The number of nitro groups is 1. The molecule has 1 rings (SSSR count). The molecule has 0 saturated heterocycles. The number of non-ortho nitro benzene ring substituents is 1. The van der Waals surface area contributed by atoms with Crippen molar-refractivity contribution in [2.45, 2.75) is 13.8 Å². The minimum Gasteiger partial charge on any atom is -0.369 e. The van der Waals surface area contributed by atoms with Crippen molar-refractivity contribution >= 4 is 34.9 Å². The van der Waals surface area contributed by atoms with Gasteiger partial charge in [-0.3, -0.25) is 14.9 Å². The van der Waals surface area contributed by atoms with Gasteiger partial charge in [-0.25, -0.2) is 4.79 Å². The number of urea groups is 1. The number of nitrogens with one attached hydrogen (secondary N) is 2. The second kappa shape index (κ2) is 6.40. The molecule has 0 unspecified atom stereocenters. The summed E-state index contributed by atoms with van der Waals surface area (Å²) in [5.41, 5.74) is 4.33. The first kappa shape index (κ1) is 16.7. The molecule has 21 heavy (non-hydrogen) atoms. The van der Waals surface area contributed by atoms with Crippen molar-refractivity contribution < 1.29 is 14.5 Å². The number of rotatable bonds is 5. The fraction of sp³-hybridized carbons (Fsp3) is 0.333. The first-order valence-corrected chi connectivity index (χ1v) is 6.30. The van der Waals surface area contributed by atoms with Gasteiger partial charge in [-0.2, -0.15) is 0 Å². The Bertz CT molecular complexity index is 589. The number of carbonyl (C=O) groups is 2. The number of nitrogens with zero attached hydrogens (tertiary/aromatic N) is 1. The summed E-state index contributed by atoms with van der Waals surface area (Å²) < 4.78 is 0. The molecular formula is C12H15ClN4O4. The number of benzene rings is 1. The first-order valence-electron chi connectivity index (χ1n) is 5.92. The highest BCUT2D eigenvalue weighted by Gasteiger charge is 2.25. The van der Waals surface area contributed by atoms with Crippen molar-refractivity contribution in [2.75, 3.05) is 11.9 Å². The van der Waals surface area contributed by atoms with Crippen molar-refractivity contribution in [1.29, 1.82) is 0 Å². The third-order valence-electron chi connectivity index (χ3n) is 2.77. The third kappa shape index (κ3) is 4.60. The Kier molecular flexibility index (Phi) is 5.09. The van der Waals surface area contributed by atoms with Gasteiger partial charge in [0.15, 0.2) is 0 Å². The summed E-state index contributed by atoms with van der Waals surface area (Å²) in [4.78, 5) is 32.8. The van der Waals surface area contributed by atoms with Crippen LogP contribution in [0.5, 0.6) is 0 Å². The molecule has 0 aliphatic carbocycles. The molecule has 0 aromatic heterocycles. The van der Waals surface area contributed by atoms with E-state index in [1.165, 1.54) is 12.1 Å². The number of carbonyl (C=O) groups excluding carboxylic acids is 2. The molecule has 3 amide bonds. The number of nitro benzene ring substituents is 1. The number of anilines is 1. The largest absolute Gasteiger partial charge is 0.369 e. The molecule has 8 nitrogen and oxygen atoms in total. The lowest BCUT2D eigenvalue weighted by molar-refractivity contribution is -0.384. The van der Waals surface area contributed by atoms with Gasteiger partial charge in [-0.15, -0.1) is 0 Å². The van der Waals surface area contributed by atoms with Crippen LogP contribution in [-0.4, -0.2) is 23.4 Å². The van der Waals surface area contributed by atoms with Crippen LogP contribution < -0.4 is 16.4 Å². The van der Waals surface area contributed by atoms with Gasteiger partial charge in [0.25, 0.3) is 5.69 Å². The molecule has 0 aliphatic rings. The fourth-order valence-corrected chi connectivity index (χ4v) is 1.50. The number of hydrogen-bond acceptors (Lipinski definition) is 4. The minimum atomic E-state index is -0.892. The number of nitrogens with two attached hydrogens (primary N) is 1. The van der Waals surface area contributed by atoms with E-state index in [0.29, 0.717) is 0 Å². The zero-order chi connectivity index (χ0) is 16.2. The zero-order valence-corrected chi connectivity index (χ0v) is 12.2. The average molecular weight is 315 g/mol. The molecule has 114 valence electrons. The normalized spacial score (nSPS) is 10.8. The summed E-state index contributed by atoms with van der Waals surface area (Å²) in [6, 6.07) is 3.07. The van der Waals surface area contributed by atoms with Gasteiger partial charge in [0, 0.05) is 18.7 Å². The maximum atomic E-state index is 11.7. The highest BCUT2D eigenvalue weighted by molar-refractivity contribution is 6.33. The Morgan fingerprint density at radius 3 is 2.52 bits per heavy atom. The summed E-state index contributed by atoms with van der Waals surface area (Å²) in [7, 11) is 0. The van der Waals surface area contributed by atoms with E-state index in [-0.39, 0.29) is 22.9 Å². The highest BCUT2D eigenvalue weighted by Crippen LogP contribution is 2.26. The van der Waals surface area contributed by atoms with E-state index in [2.05, 4.69) is 10.6 Å². The maximum Gasteiger partial charge on any atom is 0.319 e. The standard InChI is InChI=1S/C12H15ClN4O4/c1-12(2,10(14)18)6-15-11(19)16-9-4-3-7(17(20)21)5-8(9)13/h3-5H,6H2,1-2H3,(H2,14,18)(H2,15,16,19). The van der Waals surface area contributed by atoms with Crippen LogP contribution >= 0.6 is 11.6 Å². The van der Waals surface area contributed by atoms with Crippen LogP contribution in [0.1, 0.15) is 13.8 Å². The monoisotopic (exact) mass is 314 g/mol. The Balaban J connectivity index is 2.68. The summed E-state index contributed by atoms with van der Waals surface area (Å²) in [6.45, 7) is 3.22. The Morgan fingerprint density at radius 2 is 2.05 bits per heavy atom. The predicted molar refractivity (Wildman–Crippen MR) is 78.1 cm³/mol. The summed E-state index contributed by atoms with van der Waals surface area (Å²) in [5.74, 6) is -0.545. The molecule has 9 heteroatoms. The van der Waals surface area contributed by atoms with Gasteiger partial charge in [0.2, 0.25) is 5.91 Å². The van der Waals surface area contributed by atoms with E-state index in [9.17, 15) is 19.7 Å². The Morgan fingerprint density at radius 1 is 1.43 bits per heavy atom. The number of amides is 3. The molecule has 0 heterocycles. The summed E-state index contributed by atoms with van der Waals surface area (Å²) in [5, 5.41) is 15.5. The third-order valence-corrected chi connectivity index (χ3v) is 3.08.